The maximum atomic E-state index is 12.3. The average Bonchev–Trinajstić information content (AvgIpc) is 3.47. The van der Waals surface area contributed by atoms with E-state index in [1.54, 1.807) is 18.2 Å². The molecule has 1 saturated carbocycles. The number of rotatable bonds is 7. The minimum absolute atomic E-state index is 0.00624. The highest BCUT2D eigenvalue weighted by Gasteiger charge is 2.52. The summed E-state index contributed by atoms with van der Waals surface area (Å²) in [6.07, 6.45) is 1.86. The molecule has 0 heterocycles. The van der Waals surface area contributed by atoms with Crippen LogP contribution in [-0.2, 0) is 16.0 Å². The molecule has 1 fully saturated rings. The Labute approximate surface area is 178 Å². The van der Waals surface area contributed by atoms with Crippen LogP contribution in [0, 0.1) is 5.41 Å². The van der Waals surface area contributed by atoms with E-state index in [9.17, 15) is 9.59 Å². The summed E-state index contributed by atoms with van der Waals surface area (Å²) in [5, 5.41) is 0. The van der Waals surface area contributed by atoms with Gasteiger partial charge in [-0.25, -0.2) is 0 Å². The molecule has 6 nitrogen and oxygen atoms in total. The van der Waals surface area contributed by atoms with Crippen LogP contribution in [0.3, 0.4) is 0 Å². The van der Waals surface area contributed by atoms with E-state index in [-0.39, 0.29) is 23.9 Å². The molecule has 2 aromatic rings. The first-order valence-corrected chi connectivity index (χ1v) is 9.25. The minimum Gasteiger partial charge on any atom is -0.493 e. The smallest absolute Gasteiger partial charge is 0.315 e. The van der Waals surface area contributed by atoms with E-state index in [1.165, 1.54) is 19.2 Å². The molecule has 0 bridgehead atoms. The molecule has 0 spiro atoms. The average molecular weight is 402 g/mol. The van der Waals surface area contributed by atoms with Gasteiger partial charge in [0, 0.05) is 17.5 Å². The highest BCUT2D eigenvalue weighted by Crippen LogP contribution is 2.50. The van der Waals surface area contributed by atoms with Crippen molar-refractivity contribution in [3.05, 3.63) is 41.5 Å². The maximum Gasteiger partial charge on any atom is 0.315 e. The standard InChI is InChI=1S/C23H24O6/c1-26-19-10-8-17(14-5-4-6-16-15(14)7-9-18(16)24)20(21(19)27-2)29-13-23(11-12-23)22(25)28-3/h4-6,8,10H,7,9,11-13H2,1-3H3/i1D3,2D3. The van der Waals surface area contributed by atoms with Gasteiger partial charge in [0.2, 0.25) is 5.75 Å². The predicted molar refractivity (Wildman–Crippen MR) is 107 cm³/mol. The van der Waals surface area contributed by atoms with Crippen LogP contribution >= 0.6 is 0 Å². The van der Waals surface area contributed by atoms with Crippen LogP contribution in [0.5, 0.6) is 17.2 Å². The van der Waals surface area contributed by atoms with Crippen LogP contribution in [0.4, 0.5) is 0 Å². The van der Waals surface area contributed by atoms with Crippen molar-refractivity contribution in [3.63, 3.8) is 0 Å². The summed E-state index contributed by atoms with van der Waals surface area (Å²) >= 11 is 0. The van der Waals surface area contributed by atoms with Crippen molar-refractivity contribution in [2.24, 2.45) is 5.41 Å². The molecule has 152 valence electrons. The Morgan fingerprint density at radius 3 is 2.55 bits per heavy atom. The first-order chi connectivity index (χ1) is 16.3. The fourth-order valence-electron chi connectivity index (χ4n) is 3.81. The first-order valence-electron chi connectivity index (χ1n) is 12.3. The molecule has 0 saturated heterocycles. The lowest BCUT2D eigenvalue weighted by Gasteiger charge is -2.21. The Morgan fingerprint density at radius 1 is 1.03 bits per heavy atom. The molecular formula is C23H24O6. The highest BCUT2D eigenvalue weighted by molar-refractivity contribution is 6.02. The van der Waals surface area contributed by atoms with Gasteiger partial charge in [-0.3, -0.25) is 9.59 Å². The number of ketones is 1. The van der Waals surface area contributed by atoms with Gasteiger partial charge in [0.15, 0.2) is 17.3 Å². The van der Waals surface area contributed by atoms with Crippen molar-refractivity contribution in [3.8, 4) is 28.4 Å². The lowest BCUT2D eigenvalue weighted by atomic mass is 9.95. The summed E-state index contributed by atoms with van der Waals surface area (Å²) in [6.45, 7) is -0.144. The number of hydrogen-bond donors (Lipinski definition) is 0. The molecule has 0 unspecified atom stereocenters. The molecule has 4 rings (SSSR count). The third-order valence-corrected chi connectivity index (χ3v) is 5.62. The lowest BCUT2D eigenvalue weighted by molar-refractivity contribution is -0.148. The molecule has 0 aromatic heterocycles. The fourth-order valence-corrected chi connectivity index (χ4v) is 3.81. The topological polar surface area (TPSA) is 71.1 Å². The van der Waals surface area contributed by atoms with Crippen molar-refractivity contribution >= 4 is 11.8 Å². The number of hydrogen-bond acceptors (Lipinski definition) is 6. The molecular weight excluding hydrogens is 372 g/mol. The first kappa shape index (κ1) is 13.2. The van der Waals surface area contributed by atoms with Gasteiger partial charge in [0.05, 0.1) is 29.4 Å². The van der Waals surface area contributed by atoms with Crippen molar-refractivity contribution < 1.29 is 36.8 Å². The van der Waals surface area contributed by atoms with Gasteiger partial charge in [-0.05, 0) is 42.5 Å². The third-order valence-electron chi connectivity index (χ3n) is 5.62. The maximum absolute atomic E-state index is 12.3. The van der Waals surface area contributed by atoms with Crippen LogP contribution in [-0.4, -0.2) is 39.5 Å². The second-order valence-electron chi connectivity index (χ2n) is 7.29. The summed E-state index contributed by atoms with van der Waals surface area (Å²) in [4.78, 5) is 24.6. The van der Waals surface area contributed by atoms with E-state index in [0.717, 1.165) is 5.56 Å². The second-order valence-corrected chi connectivity index (χ2v) is 7.29. The van der Waals surface area contributed by atoms with Gasteiger partial charge < -0.3 is 18.9 Å². The largest absolute Gasteiger partial charge is 0.493 e. The normalized spacial score (nSPS) is 20.1. The summed E-state index contributed by atoms with van der Waals surface area (Å²) in [7, 11) is -4.58. The molecule has 2 aliphatic carbocycles. The second kappa shape index (κ2) is 7.43. The number of ether oxygens (including phenoxy) is 4. The van der Waals surface area contributed by atoms with Crippen molar-refractivity contribution in [1.82, 2.24) is 0 Å². The van der Waals surface area contributed by atoms with Crippen LogP contribution in [0.2, 0.25) is 0 Å². The lowest BCUT2D eigenvalue weighted by Crippen LogP contribution is -2.25. The Balaban J connectivity index is 1.88. The van der Waals surface area contributed by atoms with Gasteiger partial charge in [-0.15, -0.1) is 0 Å². The van der Waals surface area contributed by atoms with Crippen LogP contribution in [0.15, 0.2) is 30.3 Å². The number of Topliss-reactive ketones (excluding diaryl/α,β-unsaturated/α-hetero) is 1. The Morgan fingerprint density at radius 2 is 1.83 bits per heavy atom. The Hall–Kier alpha value is -3.02. The molecule has 6 heteroatoms. The van der Waals surface area contributed by atoms with E-state index in [1.807, 2.05) is 0 Å². The number of carbonyl (C=O) groups excluding carboxylic acids is 2. The van der Waals surface area contributed by atoms with Gasteiger partial charge in [-0.1, -0.05) is 18.2 Å². The highest BCUT2D eigenvalue weighted by atomic mass is 16.5. The number of esters is 1. The van der Waals surface area contributed by atoms with Gasteiger partial charge in [0.25, 0.3) is 0 Å². The van der Waals surface area contributed by atoms with E-state index < -0.39 is 31.2 Å². The van der Waals surface area contributed by atoms with Crippen molar-refractivity contribution in [2.45, 2.75) is 25.7 Å². The van der Waals surface area contributed by atoms with Crippen LogP contribution in [0.25, 0.3) is 11.1 Å². The van der Waals surface area contributed by atoms with E-state index in [0.29, 0.717) is 42.4 Å². The summed E-state index contributed by atoms with van der Waals surface area (Å²) in [5.74, 6) is -1.34. The third kappa shape index (κ3) is 3.22. The number of methoxy groups -OCH3 is 3. The monoisotopic (exact) mass is 402 g/mol. The van der Waals surface area contributed by atoms with Crippen molar-refractivity contribution in [2.75, 3.05) is 27.8 Å². The number of benzene rings is 2. The molecule has 0 radical (unpaired) electrons. The SMILES string of the molecule is [2H]C([2H])([2H])Oc1ccc(-c2cccc3c2CCC3=O)c(OCC2(C(=O)OC)CC2)c1OC([2H])([2H])[2H]. The zero-order chi connectivity index (χ0) is 25.6. The summed E-state index contributed by atoms with van der Waals surface area (Å²) < 4.78 is 66.4. The summed E-state index contributed by atoms with van der Waals surface area (Å²) in [5.41, 5.74) is 1.43. The molecule has 0 amide bonds. The van der Waals surface area contributed by atoms with Gasteiger partial charge in [-0.2, -0.15) is 0 Å². The zero-order valence-corrected chi connectivity index (χ0v) is 15.9. The molecule has 0 N–H and O–H groups in total. The van der Waals surface area contributed by atoms with Crippen molar-refractivity contribution in [1.29, 1.82) is 0 Å². The summed E-state index contributed by atoms with van der Waals surface area (Å²) in [6, 6.07) is 8.00. The molecule has 2 aliphatic rings. The van der Waals surface area contributed by atoms with Gasteiger partial charge >= 0.3 is 5.97 Å². The molecule has 2 aromatic carbocycles. The van der Waals surface area contributed by atoms with Crippen LogP contribution < -0.4 is 14.2 Å². The minimum atomic E-state index is -2.96. The Bertz CT molecular complexity index is 1170. The zero-order valence-electron chi connectivity index (χ0n) is 21.9. The fraction of sp³-hybridized carbons (Fsp3) is 0.391. The van der Waals surface area contributed by atoms with E-state index >= 15 is 0 Å². The number of carbonyl (C=O) groups is 2. The quantitative estimate of drug-likeness (QED) is 0.656. The molecule has 0 aliphatic heterocycles. The predicted octanol–water partition coefficient (Wildman–Crippen LogP) is 3.83. The van der Waals surface area contributed by atoms with Gasteiger partial charge in [0.1, 0.15) is 12.0 Å². The number of fused-ring (bicyclic) bond motifs is 1. The molecule has 0 atom stereocenters. The van der Waals surface area contributed by atoms with E-state index in [2.05, 4.69) is 0 Å². The molecule has 29 heavy (non-hydrogen) atoms. The Kier molecular flexibility index (Phi) is 3.39. The van der Waals surface area contributed by atoms with E-state index in [4.69, 9.17) is 27.2 Å². The van der Waals surface area contributed by atoms with Crippen LogP contribution in [0.1, 0.15) is 43.4 Å².